The Labute approximate surface area is 156 Å². The van der Waals surface area contributed by atoms with Gasteiger partial charge >= 0.3 is 5.97 Å². The monoisotopic (exact) mass is 365 g/mol. The van der Waals surface area contributed by atoms with Crippen molar-refractivity contribution < 1.29 is 9.90 Å². The average Bonchev–Trinajstić information content (AvgIpc) is 3.40. The van der Waals surface area contributed by atoms with E-state index < -0.39 is 5.97 Å². The smallest absolute Gasteiger partial charge is 0.347 e. The summed E-state index contributed by atoms with van der Waals surface area (Å²) in [5.74, 6) is -0.299. The Morgan fingerprint density at radius 3 is 2.65 bits per heavy atom. The fraction of sp³-hybridized carbons (Fsp3) is 0.250. The molecule has 0 aliphatic heterocycles. The SMILES string of the molecule is CCN(c1ccc(C2CC2)c(-c2ccncc2)c1)c1ncc(C(=O)O)s1. The average molecular weight is 365 g/mol. The molecule has 1 fully saturated rings. The Hall–Kier alpha value is -2.73. The summed E-state index contributed by atoms with van der Waals surface area (Å²) in [6.45, 7) is 2.76. The van der Waals surface area contributed by atoms with Crippen molar-refractivity contribution in [2.24, 2.45) is 0 Å². The van der Waals surface area contributed by atoms with Gasteiger partial charge in [0.05, 0.1) is 6.20 Å². The maximum Gasteiger partial charge on any atom is 0.347 e. The fourth-order valence-electron chi connectivity index (χ4n) is 3.16. The van der Waals surface area contributed by atoms with Gasteiger partial charge in [-0.15, -0.1) is 0 Å². The zero-order valence-corrected chi connectivity index (χ0v) is 15.2. The molecule has 1 saturated carbocycles. The lowest BCUT2D eigenvalue weighted by atomic mass is 9.96. The van der Waals surface area contributed by atoms with Crippen molar-refractivity contribution in [1.82, 2.24) is 9.97 Å². The normalized spacial score (nSPS) is 13.6. The molecule has 1 aliphatic rings. The Bertz CT molecular complexity index is 935. The van der Waals surface area contributed by atoms with Gasteiger partial charge in [0.2, 0.25) is 0 Å². The third-order valence-corrected chi connectivity index (χ3v) is 5.62. The highest BCUT2D eigenvalue weighted by molar-refractivity contribution is 7.17. The Morgan fingerprint density at radius 2 is 2.04 bits per heavy atom. The van der Waals surface area contributed by atoms with E-state index in [0.29, 0.717) is 17.6 Å². The predicted octanol–water partition coefficient (Wildman–Crippen LogP) is 4.94. The van der Waals surface area contributed by atoms with Gasteiger partial charge in [-0.3, -0.25) is 4.98 Å². The van der Waals surface area contributed by atoms with E-state index >= 15 is 0 Å². The molecule has 0 amide bonds. The zero-order chi connectivity index (χ0) is 18.1. The number of benzene rings is 1. The minimum absolute atomic E-state index is 0.252. The second-order valence-electron chi connectivity index (χ2n) is 6.34. The van der Waals surface area contributed by atoms with Gasteiger partial charge in [-0.05, 0) is 66.6 Å². The maximum atomic E-state index is 11.2. The summed E-state index contributed by atoms with van der Waals surface area (Å²) in [4.78, 5) is 21.9. The summed E-state index contributed by atoms with van der Waals surface area (Å²) in [6, 6.07) is 10.6. The molecule has 1 aromatic carbocycles. The number of thiazole rings is 1. The lowest BCUT2D eigenvalue weighted by Gasteiger charge is -2.22. The first kappa shape index (κ1) is 16.7. The van der Waals surface area contributed by atoms with E-state index in [1.54, 1.807) is 0 Å². The summed E-state index contributed by atoms with van der Waals surface area (Å²) in [5.41, 5.74) is 4.78. The number of aromatic nitrogens is 2. The van der Waals surface area contributed by atoms with Crippen LogP contribution in [0.5, 0.6) is 0 Å². The summed E-state index contributed by atoms with van der Waals surface area (Å²) < 4.78 is 0. The van der Waals surface area contributed by atoms with Gasteiger partial charge in [0.1, 0.15) is 4.88 Å². The molecule has 5 nitrogen and oxygen atoms in total. The molecular weight excluding hydrogens is 346 g/mol. The first-order valence-electron chi connectivity index (χ1n) is 8.68. The number of anilines is 2. The van der Waals surface area contributed by atoms with Crippen LogP contribution < -0.4 is 4.90 Å². The van der Waals surface area contributed by atoms with Gasteiger partial charge in [0.15, 0.2) is 5.13 Å². The molecule has 0 bridgehead atoms. The molecule has 2 heterocycles. The quantitative estimate of drug-likeness (QED) is 0.670. The largest absolute Gasteiger partial charge is 0.477 e. The van der Waals surface area contributed by atoms with E-state index in [1.807, 2.05) is 31.5 Å². The zero-order valence-electron chi connectivity index (χ0n) is 14.4. The molecule has 1 aliphatic carbocycles. The molecule has 0 saturated heterocycles. The summed E-state index contributed by atoms with van der Waals surface area (Å²) in [5, 5.41) is 9.87. The molecule has 0 spiro atoms. The highest BCUT2D eigenvalue weighted by Crippen LogP contribution is 2.46. The molecule has 26 heavy (non-hydrogen) atoms. The lowest BCUT2D eigenvalue weighted by Crippen LogP contribution is -2.15. The van der Waals surface area contributed by atoms with E-state index in [0.717, 1.165) is 11.3 Å². The van der Waals surface area contributed by atoms with Crippen molar-refractivity contribution in [2.75, 3.05) is 11.4 Å². The third kappa shape index (κ3) is 3.20. The van der Waals surface area contributed by atoms with E-state index in [2.05, 4.69) is 33.1 Å². The number of carboxylic acid groups (broad SMARTS) is 1. The van der Waals surface area contributed by atoms with Gasteiger partial charge < -0.3 is 10.0 Å². The van der Waals surface area contributed by atoms with Gasteiger partial charge in [0.25, 0.3) is 0 Å². The van der Waals surface area contributed by atoms with Crippen molar-refractivity contribution in [3.05, 3.63) is 59.4 Å². The molecule has 132 valence electrons. The van der Waals surface area contributed by atoms with E-state index in [9.17, 15) is 4.79 Å². The molecule has 3 aromatic rings. The van der Waals surface area contributed by atoms with Crippen molar-refractivity contribution in [1.29, 1.82) is 0 Å². The first-order valence-corrected chi connectivity index (χ1v) is 9.50. The maximum absolute atomic E-state index is 11.2. The Kier molecular flexibility index (Phi) is 4.42. The van der Waals surface area contributed by atoms with Crippen LogP contribution in [0.15, 0.2) is 48.9 Å². The van der Waals surface area contributed by atoms with Crippen LogP contribution in [0.2, 0.25) is 0 Å². The van der Waals surface area contributed by atoms with Crippen molar-refractivity contribution in [3.63, 3.8) is 0 Å². The number of pyridine rings is 1. The van der Waals surface area contributed by atoms with Crippen LogP contribution in [-0.4, -0.2) is 27.6 Å². The lowest BCUT2D eigenvalue weighted by molar-refractivity contribution is 0.0702. The van der Waals surface area contributed by atoms with Crippen LogP contribution in [0, 0.1) is 0 Å². The summed E-state index contributed by atoms with van der Waals surface area (Å²) in [7, 11) is 0. The van der Waals surface area contributed by atoms with Gasteiger partial charge in [-0.2, -0.15) is 0 Å². The van der Waals surface area contributed by atoms with Crippen LogP contribution in [-0.2, 0) is 0 Å². The van der Waals surface area contributed by atoms with E-state index in [4.69, 9.17) is 5.11 Å². The summed E-state index contributed by atoms with van der Waals surface area (Å²) >= 11 is 1.20. The fourth-order valence-corrected chi connectivity index (χ4v) is 4.00. The topological polar surface area (TPSA) is 66.3 Å². The molecule has 0 atom stereocenters. The van der Waals surface area contributed by atoms with Crippen LogP contribution >= 0.6 is 11.3 Å². The van der Waals surface area contributed by atoms with Crippen LogP contribution in [0.1, 0.15) is 40.9 Å². The molecular formula is C20H19N3O2S. The molecule has 0 radical (unpaired) electrons. The van der Waals surface area contributed by atoms with Crippen molar-refractivity contribution in [3.8, 4) is 11.1 Å². The van der Waals surface area contributed by atoms with Gasteiger partial charge in [-0.1, -0.05) is 17.4 Å². The van der Waals surface area contributed by atoms with E-state index in [-0.39, 0.29) is 4.88 Å². The molecule has 1 N–H and O–H groups in total. The molecule has 6 heteroatoms. The minimum atomic E-state index is -0.939. The van der Waals surface area contributed by atoms with E-state index in [1.165, 1.54) is 41.5 Å². The Morgan fingerprint density at radius 1 is 1.27 bits per heavy atom. The standard InChI is InChI=1S/C20H19N3O2S/c1-2-23(20-22-12-18(26-20)19(24)25)15-5-6-16(13-3-4-13)17(11-15)14-7-9-21-10-8-14/h5-13H,2-4H2,1H3,(H,24,25). The number of rotatable bonds is 6. The second-order valence-corrected chi connectivity index (χ2v) is 7.35. The number of nitrogens with zero attached hydrogens (tertiary/aromatic N) is 3. The highest BCUT2D eigenvalue weighted by atomic mass is 32.1. The molecule has 4 rings (SSSR count). The van der Waals surface area contributed by atoms with Crippen molar-refractivity contribution >= 4 is 28.1 Å². The van der Waals surface area contributed by atoms with Crippen LogP contribution in [0.4, 0.5) is 10.8 Å². The van der Waals surface area contributed by atoms with Gasteiger partial charge in [0, 0.05) is 24.6 Å². The Balaban J connectivity index is 1.76. The highest BCUT2D eigenvalue weighted by Gasteiger charge is 2.27. The molecule has 0 unspecified atom stereocenters. The number of hydrogen-bond acceptors (Lipinski definition) is 5. The van der Waals surface area contributed by atoms with Crippen LogP contribution in [0.3, 0.4) is 0 Å². The number of aromatic carboxylic acids is 1. The number of hydrogen-bond donors (Lipinski definition) is 1. The number of carbonyl (C=O) groups is 1. The second kappa shape index (κ2) is 6.88. The minimum Gasteiger partial charge on any atom is -0.477 e. The number of carboxylic acids is 1. The van der Waals surface area contributed by atoms with Crippen molar-refractivity contribution in [2.45, 2.75) is 25.7 Å². The molecule has 2 aromatic heterocycles. The predicted molar refractivity (Wildman–Crippen MR) is 103 cm³/mol. The van der Waals surface area contributed by atoms with Gasteiger partial charge in [-0.25, -0.2) is 9.78 Å². The first-order chi connectivity index (χ1) is 12.7. The summed E-state index contributed by atoms with van der Waals surface area (Å²) in [6.07, 6.45) is 7.53. The third-order valence-electron chi connectivity index (χ3n) is 4.61. The van der Waals surface area contributed by atoms with Crippen LogP contribution in [0.25, 0.3) is 11.1 Å².